The smallest absolute Gasteiger partial charge is 0.141 e. The summed E-state index contributed by atoms with van der Waals surface area (Å²) in [5.74, 6) is 0. The highest BCUT2D eigenvalue weighted by atomic mass is 16.3. The van der Waals surface area contributed by atoms with E-state index in [1.165, 1.54) is 87.9 Å². The molecule has 9 aromatic carbocycles. The van der Waals surface area contributed by atoms with Gasteiger partial charge in [0.25, 0.3) is 0 Å². The van der Waals surface area contributed by atoms with Crippen LogP contribution in [0.1, 0.15) is 0 Å². The maximum absolute atomic E-state index is 6.22. The van der Waals surface area contributed by atoms with Crippen LogP contribution in [-0.2, 0) is 0 Å². The monoisotopic (exact) mass is 750 g/mol. The molecule has 12 aromatic rings. The number of rotatable bonds is 5. The third-order valence-electron chi connectivity index (χ3n) is 12.5. The highest BCUT2D eigenvalue weighted by molar-refractivity contribution is 6.49. The quantitative estimate of drug-likeness (QED) is 0.161. The Bertz CT molecular complexity index is 3630. The topological polar surface area (TPSA) is 23.0 Å². The molecule has 0 aliphatic rings. The van der Waals surface area contributed by atoms with Crippen molar-refractivity contribution in [2.75, 3.05) is 0 Å². The number of nitrogens with zero attached hydrogens (tertiary/aromatic N) is 2. The van der Waals surface area contributed by atoms with Crippen LogP contribution < -0.4 is 10.9 Å². The number of fused-ring (bicyclic) bond motifs is 9. The molecular formula is C54H36B2N2O. The average Bonchev–Trinajstić information content (AvgIpc) is 3.95. The molecule has 0 fully saturated rings. The molecule has 0 aliphatic carbocycles. The van der Waals surface area contributed by atoms with Gasteiger partial charge in [-0.1, -0.05) is 144 Å². The van der Waals surface area contributed by atoms with Gasteiger partial charge in [0, 0.05) is 43.7 Å². The van der Waals surface area contributed by atoms with E-state index < -0.39 is 0 Å². The minimum atomic E-state index is 0.904. The lowest BCUT2D eigenvalue weighted by Gasteiger charge is -2.15. The molecule has 3 nitrogen and oxygen atoms in total. The SMILES string of the molecule is Bc1c(-c2ccc3c(c2B)c2ccc(-c4ccccc4)cc2n3-c2cccc(-c3ccccc3)c2)ccc2c1c1ccccc1n2-c1ccc2oc3ccccc3c2c1. The van der Waals surface area contributed by atoms with Crippen molar-refractivity contribution in [1.82, 2.24) is 9.13 Å². The molecule has 0 atom stereocenters. The van der Waals surface area contributed by atoms with Crippen LogP contribution in [0.4, 0.5) is 0 Å². The highest BCUT2D eigenvalue weighted by Crippen LogP contribution is 2.39. The van der Waals surface area contributed by atoms with E-state index in [0.717, 1.165) is 33.3 Å². The maximum Gasteiger partial charge on any atom is 0.141 e. The molecule has 0 unspecified atom stereocenters. The summed E-state index contributed by atoms with van der Waals surface area (Å²) in [6.45, 7) is 0. The maximum atomic E-state index is 6.22. The van der Waals surface area contributed by atoms with Crippen LogP contribution in [0.15, 0.2) is 199 Å². The molecule has 0 amide bonds. The van der Waals surface area contributed by atoms with Crippen LogP contribution >= 0.6 is 0 Å². The Kier molecular flexibility index (Phi) is 7.42. The molecule has 3 heterocycles. The van der Waals surface area contributed by atoms with Crippen molar-refractivity contribution in [1.29, 1.82) is 0 Å². The van der Waals surface area contributed by atoms with Gasteiger partial charge in [-0.3, -0.25) is 0 Å². The zero-order chi connectivity index (χ0) is 39.2. The number of aromatic nitrogens is 2. The fourth-order valence-electron chi connectivity index (χ4n) is 9.77. The fourth-order valence-corrected chi connectivity index (χ4v) is 9.77. The molecule has 0 bridgehead atoms. The van der Waals surface area contributed by atoms with Crippen molar-refractivity contribution < 1.29 is 4.42 Å². The number of furan rings is 1. The summed E-state index contributed by atoms with van der Waals surface area (Å²) >= 11 is 0. The zero-order valence-electron chi connectivity index (χ0n) is 32.8. The third kappa shape index (κ3) is 5.11. The molecule has 274 valence electrons. The Morgan fingerprint density at radius 2 is 0.864 bits per heavy atom. The lowest BCUT2D eigenvalue weighted by Crippen LogP contribution is -2.15. The summed E-state index contributed by atoms with van der Waals surface area (Å²) in [6, 6.07) is 70.4. The molecule has 59 heavy (non-hydrogen) atoms. The van der Waals surface area contributed by atoms with E-state index in [0.29, 0.717) is 0 Å². The predicted octanol–water partition coefficient (Wildman–Crippen LogP) is 11.3. The second kappa shape index (κ2) is 13.0. The summed E-state index contributed by atoms with van der Waals surface area (Å²) in [4.78, 5) is 0. The molecule has 0 radical (unpaired) electrons. The van der Waals surface area contributed by atoms with E-state index >= 15 is 0 Å². The van der Waals surface area contributed by atoms with Gasteiger partial charge >= 0.3 is 0 Å². The van der Waals surface area contributed by atoms with E-state index in [4.69, 9.17) is 4.42 Å². The minimum absolute atomic E-state index is 0.904. The zero-order valence-corrected chi connectivity index (χ0v) is 32.8. The Morgan fingerprint density at radius 3 is 1.58 bits per heavy atom. The second-order valence-electron chi connectivity index (χ2n) is 15.7. The fraction of sp³-hybridized carbons (Fsp3) is 0. The molecule has 0 N–H and O–H groups in total. The normalized spacial score (nSPS) is 11.9. The van der Waals surface area contributed by atoms with Gasteiger partial charge in [-0.25, -0.2) is 0 Å². The number of hydrogen-bond donors (Lipinski definition) is 0. The Hall–Kier alpha value is -7.49. The van der Waals surface area contributed by atoms with E-state index in [9.17, 15) is 0 Å². The summed E-state index contributed by atoms with van der Waals surface area (Å²) < 4.78 is 11.1. The summed E-state index contributed by atoms with van der Waals surface area (Å²) in [6.07, 6.45) is 0. The molecule has 0 aliphatic heterocycles. The third-order valence-corrected chi connectivity index (χ3v) is 12.5. The van der Waals surface area contributed by atoms with Gasteiger partial charge in [0.1, 0.15) is 26.9 Å². The molecular weight excluding hydrogens is 714 g/mol. The van der Waals surface area contributed by atoms with Gasteiger partial charge in [0.05, 0.1) is 22.1 Å². The Morgan fingerprint density at radius 1 is 0.322 bits per heavy atom. The molecule has 0 spiro atoms. The first-order valence-electron chi connectivity index (χ1n) is 20.3. The van der Waals surface area contributed by atoms with Crippen molar-refractivity contribution in [3.05, 3.63) is 194 Å². The van der Waals surface area contributed by atoms with Crippen molar-refractivity contribution in [3.63, 3.8) is 0 Å². The first kappa shape index (κ1) is 33.6. The predicted molar refractivity (Wildman–Crippen MR) is 255 cm³/mol. The summed E-state index contributed by atoms with van der Waals surface area (Å²) in [5.41, 5.74) is 18.8. The van der Waals surface area contributed by atoms with Gasteiger partial charge in [-0.05, 0) is 94.0 Å². The first-order valence-corrected chi connectivity index (χ1v) is 20.3. The van der Waals surface area contributed by atoms with Crippen LogP contribution in [0.2, 0.25) is 0 Å². The van der Waals surface area contributed by atoms with Gasteiger partial charge in [-0.2, -0.15) is 0 Å². The van der Waals surface area contributed by atoms with E-state index in [2.05, 4.69) is 207 Å². The first-order chi connectivity index (χ1) is 29.1. The van der Waals surface area contributed by atoms with Crippen molar-refractivity contribution in [2.24, 2.45) is 0 Å². The van der Waals surface area contributed by atoms with Crippen molar-refractivity contribution in [2.45, 2.75) is 0 Å². The summed E-state index contributed by atoms with van der Waals surface area (Å²) in [7, 11) is 4.61. The molecule has 5 heteroatoms. The van der Waals surface area contributed by atoms with Crippen molar-refractivity contribution >= 4 is 92.2 Å². The lowest BCUT2D eigenvalue weighted by molar-refractivity contribution is 0.669. The molecule has 0 saturated carbocycles. The minimum Gasteiger partial charge on any atom is -0.456 e. The van der Waals surface area contributed by atoms with E-state index in [1.807, 2.05) is 12.1 Å². The van der Waals surface area contributed by atoms with Crippen LogP contribution in [0.5, 0.6) is 0 Å². The molecule has 3 aromatic heterocycles. The second-order valence-corrected chi connectivity index (χ2v) is 15.7. The van der Waals surface area contributed by atoms with E-state index in [-0.39, 0.29) is 0 Å². The Balaban J connectivity index is 1.08. The highest BCUT2D eigenvalue weighted by Gasteiger charge is 2.21. The van der Waals surface area contributed by atoms with Gasteiger partial charge in [0.2, 0.25) is 0 Å². The lowest BCUT2D eigenvalue weighted by atomic mass is 9.77. The summed E-state index contributed by atoms with van der Waals surface area (Å²) in [5, 5.41) is 7.33. The van der Waals surface area contributed by atoms with Gasteiger partial charge in [0.15, 0.2) is 0 Å². The van der Waals surface area contributed by atoms with E-state index in [1.54, 1.807) is 0 Å². The van der Waals surface area contributed by atoms with Crippen LogP contribution in [-0.4, -0.2) is 24.8 Å². The van der Waals surface area contributed by atoms with Gasteiger partial charge < -0.3 is 13.6 Å². The molecule has 0 saturated heterocycles. The number of para-hydroxylation sites is 2. The van der Waals surface area contributed by atoms with Crippen LogP contribution in [0.3, 0.4) is 0 Å². The Labute approximate surface area is 343 Å². The van der Waals surface area contributed by atoms with Crippen LogP contribution in [0, 0.1) is 0 Å². The van der Waals surface area contributed by atoms with Crippen LogP contribution in [0.25, 0.3) is 110 Å². The largest absolute Gasteiger partial charge is 0.456 e. The average molecular weight is 751 g/mol. The standard InChI is InChI=1S/C54H36B2N2O/c55-53-40(25-27-46-51(53)42-19-7-9-20-45(42)57(46)38-23-29-50-44(32-38)39-18-8-10-21-49(39)59-50)41-26-28-47-52(54(41)56)43-24-22-36(34-14-5-2-6-15-34)31-48(43)58(47)37-17-11-16-35(30-37)33-12-3-1-4-13-33/h1-32H,55-56H2. The molecule has 12 rings (SSSR count). The van der Waals surface area contributed by atoms with Crippen molar-refractivity contribution in [3.8, 4) is 44.8 Å². The number of hydrogen-bond acceptors (Lipinski definition) is 1. The van der Waals surface area contributed by atoms with Gasteiger partial charge in [-0.15, -0.1) is 0 Å². The number of benzene rings is 9.